The molecule has 0 N–H and O–H groups in total. The van der Waals surface area contributed by atoms with E-state index in [0.717, 1.165) is 22.8 Å². The summed E-state index contributed by atoms with van der Waals surface area (Å²) in [5.74, 6) is 0. The first-order valence-corrected chi connectivity index (χ1v) is 8.06. The first-order valence-electron chi connectivity index (χ1n) is 6.82. The molecule has 2 heterocycles. The molecule has 0 aliphatic rings. The molecular weight excluding hydrogens is 428 g/mol. The minimum Gasteiger partial charge on any atom is -0.258 e. The van der Waals surface area contributed by atoms with E-state index in [0.29, 0.717) is 0 Å². The third-order valence-corrected chi connectivity index (χ3v) is 2.45. The van der Waals surface area contributed by atoms with Gasteiger partial charge in [0, 0.05) is 22.8 Å². The summed E-state index contributed by atoms with van der Waals surface area (Å²) < 4.78 is 34.0. The molecule has 0 radical (unpaired) electrons. The first kappa shape index (κ1) is 25.4. The Morgan fingerprint density at radius 2 is 0.750 bits per heavy atom. The standard InChI is InChI=1S/2C8H11N.Ag.ClHO4/c2*1-6-4-7(2)9-8(3)5-6;;2-1(3,4)5/h2*4-5H,1-3H3;;(H,2,3,4,5)/q;;+1;/p-1. The average molecular weight is 450 g/mol. The van der Waals surface area contributed by atoms with Gasteiger partial charge >= 0.3 is 22.4 Å². The fourth-order valence-electron chi connectivity index (χ4n) is 2.09. The molecule has 0 saturated carbocycles. The van der Waals surface area contributed by atoms with Gasteiger partial charge in [-0.25, -0.2) is 18.6 Å². The van der Waals surface area contributed by atoms with Gasteiger partial charge in [0.1, 0.15) is 0 Å². The third-order valence-electron chi connectivity index (χ3n) is 2.45. The minimum absolute atomic E-state index is 0. The second kappa shape index (κ2) is 11.7. The Morgan fingerprint density at radius 3 is 0.875 bits per heavy atom. The van der Waals surface area contributed by atoms with Gasteiger partial charge in [-0.3, -0.25) is 9.97 Å². The van der Waals surface area contributed by atoms with E-state index in [1.54, 1.807) is 0 Å². The van der Waals surface area contributed by atoms with Crippen LogP contribution >= 0.6 is 0 Å². The molecule has 0 fully saturated rings. The fourth-order valence-corrected chi connectivity index (χ4v) is 2.09. The van der Waals surface area contributed by atoms with Crippen LogP contribution in [0.5, 0.6) is 0 Å². The molecule has 0 saturated heterocycles. The molecule has 0 unspecified atom stereocenters. The van der Waals surface area contributed by atoms with Crippen molar-refractivity contribution in [2.24, 2.45) is 0 Å². The number of halogens is 1. The van der Waals surface area contributed by atoms with E-state index in [2.05, 4.69) is 48.1 Å². The van der Waals surface area contributed by atoms with E-state index in [-0.39, 0.29) is 22.4 Å². The van der Waals surface area contributed by atoms with Crippen molar-refractivity contribution >= 4 is 0 Å². The van der Waals surface area contributed by atoms with Crippen molar-refractivity contribution in [1.82, 2.24) is 9.97 Å². The van der Waals surface area contributed by atoms with Crippen molar-refractivity contribution in [3.05, 3.63) is 58.2 Å². The van der Waals surface area contributed by atoms with Gasteiger partial charge in [0.05, 0.1) is 0 Å². The summed E-state index contributed by atoms with van der Waals surface area (Å²) in [4.78, 5) is 8.47. The molecule has 0 amide bonds. The largest absolute Gasteiger partial charge is 1.00 e. The maximum absolute atomic E-state index is 8.49. The Balaban J connectivity index is 0. The van der Waals surface area contributed by atoms with Crippen LogP contribution in [0.25, 0.3) is 0 Å². The van der Waals surface area contributed by atoms with Crippen LogP contribution in [0.4, 0.5) is 0 Å². The van der Waals surface area contributed by atoms with Gasteiger partial charge in [-0.05, 0) is 76.9 Å². The number of hydrogen-bond donors (Lipinski definition) is 0. The van der Waals surface area contributed by atoms with E-state index in [1.807, 2.05) is 27.7 Å². The Morgan fingerprint density at radius 1 is 0.583 bits per heavy atom. The molecule has 6 nitrogen and oxygen atoms in total. The van der Waals surface area contributed by atoms with Crippen molar-refractivity contribution in [3.63, 3.8) is 0 Å². The number of aromatic nitrogens is 2. The third kappa shape index (κ3) is 16.0. The summed E-state index contributed by atoms with van der Waals surface area (Å²) in [6.45, 7) is 12.2. The van der Waals surface area contributed by atoms with Crippen LogP contribution in [0.2, 0.25) is 0 Å². The summed E-state index contributed by atoms with van der Waals surface area (Å²) >= 11 is 0. The molecular formula is C16H22AgClN2O4. The van der Waals surface area contributed by atoms with Crippen LogP contribution in [-0.4, -0.2) is 9.97 Å². The van der Waals surface area contributed by atoms with Crippen LogP contribution in [0, 0.1) is 51.8 Å². The van der Waals surface area contributed by atoms with E-state index < -0.39 is 10.2 Å². The topological polar surface area (TPSA) is 118 Å². The van der Waals surface area contributed by atoms with Crippen molar-refractivity contribution in [2.45, 2.75) is 41.5 Å². The smallest absolute Gasteiger partial charge is 0.258 e. The van der Waals surface area contributed by atoms with Crippen molar-refractivity contribution in [1.29, 1.82) is 0 Å². The predicted octanol–water partition coefficient (Wildman–Crippen LogP) is -0.745. The number of hydrogen-bond acceptors (Lipinski definition) is 6. The Hall–Kier alpha value is -0.830. The van der Waals surface area contributed by atoms with Crippen LogP contribution in [0.15, 0.2) is 24.3 Å². The van der Waals surface area contributed by atoms with Gasteiger partial charge in [-0.15, -0.1) is 10.2 Å². The molecule has 0 aromatic carbocycles. The summed E-state index contributed by atoms with van der Waals surface area (Å²) in [7, 11) is -4.94. The SMILES string of the molecule is Cc1cc(C)nc(C)c1.Cc1cc(C)nc(C)c1.[Ag+].[O-][Cl+3]([O-])([O-])[O-]. The van der Waals surface area contributed by atoms with Gasteiger partial charge in [-0.1, -0.05) is 0 Å². The second-order valence-electron chi connectivity index (χ2n) is 5.23. The van der Waals surface area contributed by atoms with Crippen LogP contribution in [0.1, 0.15) is 33.9 Å². The molecule has 2 rings (SSSR count). The Labute approximate surface area is 160 Å². The van der Waals surface area contributed by atoms with E-state index >= 15 is 0 Å². The quantitative estimate of drug-likeness (QED) is 0.489. The summed E-state index contributed by atoms with van der Waals surface area (Å²) in [6, 6.07) is 8.31. The normalized spacial score (nSPS) is 9.75. The molecule has 0 aliphatic heterocycles. The van der Waals surface area contributed by atoms with Crippen LogP contribution in [0.3, 0.4) is 0 Å². The summed E-state index contributed by atoms with van der Waals surface area (Å²) in [6.07, 6.45) is 0. The maximum Gasteiger partial charge on any atom is 1.00 e. The van der Waals surface area contributed by atoms with Crippen LogP contribution in [-0.2, 0) is 22.4 Å². The number of aryl methyl sites for hydroxylation is 6. The molecule has 0 bridgehead atoms. The van der Waals surface area contributed by atoms with Gasteiger partial charge < -0.3 is 0 Å². The Bertz CT molecular complexity index is 478. The number of rotatable bonds is 0. The average Bonchev–Trinajstić information content (AvgIpc) is 2.22. The predicted molar refractivity (Wildman–Crippen MR) is 76.9 cm³/mol. The number of pyridine rings is 2. The molecule has 0 atom stereocenters. The molecule has 2 aromatic heterocycles. The van der Waals surface area contributed by atoms with Crippen molar-refractivity contribution in [3.8, 4) is 0 Å². The Kier molecular flexibility index (Phi) is 12.4. The van der Waals surface area contributed by atoms with E-state index in [9.17, 15) is 0 Å². The van der Waals surface area contributed by atoms with Crippen LogP contribution < -0.4 is 18.6 Å². The summed E-state index contributed by atoms with van der Waals surface area (Å²) in [5, 5.41) is 0. The minimum atomic E-state index is -4.94. The van der Waals surface area contributed by atoms with E-state index in [1.165, 1.54) is 11.1 Å². The van der Waals surface area contributed by atoms with Crippen molar-refractivity contribution < 1.29 is 51.3 Å². The molecule has 24 heavy (non-hydrogen) atoms. The molecule has 8 heteroatoms. The summed E-state index contributed by atoms with van der Waals surface area (Å²) in [5.41, 5.74) is 7.00. The molecule has 0 aliphatic carbocycles. The molecule has 2 aromatic rings. The van der Waals surface area contributed by atoms with Gasteiger partial charge in [-0.2, -0.15) is 0 Å². The molecule has 138 valence electrons. The maximum atomic E-state index is 8.49. The first-order chi connectivity index (χ1) is 10.4. The van der Waals surface area contributed by atoms with Gasteiger partial charge in [0.25, 0.3) is 0 Å². The van der Waals surface area contributed by atoms with E-state index in [4.69, 9.17) is 18.6 Å². The van der Waals surface area contributed by atoms with Gasteiger partial charge in [0.2, 0.25) is 0 Å². The molecule has 0 spiro atoms. The van der Waals surface area contributed by atoms with Crippen molar-refractivity contribution in [2.75, 3.05) is 0 Å². The fraction of sp³-hybridized carbons (Fsp3) is 0.375. The second-order valence-corrected chi connectivity index (χ2v) is 5.99. The van der Waals surface area contributed by atoms with Gasteiger partial charge in [0.15, 0.2) is 0 Å². The number of nitrogens with zero attached hydrogens (tertiary/aromatic N) is 2. The zero-order valence-electron chi connectivity index (χ0n) is 14.5. The zero-order valence-corrected chi connectivity index (χ0v) is 16.8. The zero-order chi connectivity index (χ0) is 18.2. The monoisotopic (exact) mass is 448 g/mol.